The highest BCUT2D eigenvalue weighted by atomic mass is 35.5. The van der Waals surface area contributed by atoms with E-state index in [9.17, 15) is 4.79 Å². The van der Waals surface area contributed by atoms with E-state index >= 15 is 0 Å². The van der Waals surface area contributed by atoms with E-state index in [2.05, 4.69) is 5.32 Å². The monoisotopic (exact) mass is 397 g/mol. The lowest BCUT2D eigenvalue weighted by Gasteiger charge is -2.19. The Kier molecular flexibility index (Phi) is 5.99. The predicted octanol–water partition coefficient (Wildman–Crippen LogP) is 4.73. The molecule has 0 bridgehead atoms. The second-order valence-corrected chi connectivity index (χ2v) is 7.44. The zero-order valence-electron chi connectivity index (χ0n) is 13.6. The molecule has 1 N–H and O–H groups in total. The lowest BCUT2D eigenvalue weighted by Crippen LogP contribution is -2.28. The molecule has 2 aromatic carbocycles. The Morgan fingerprint density at radius 1 is 1.16 bits per heavy atom. The first-order valence-electron chi connectivity index (χ1n) is 7.79. The second-order valence-electron chi connectivity index (χ2n) is 5.55. The molecular weight excluding hydrogens is 381 g/mol. The maximum Gasteiger partial charge on any atom is 0.230 e. The summed E-state index contributed by atoms with van der Waals surface area (Å²) in [7, 11) is 0. The average Bonchev–Trinajstić information content (AvgIpc) is 2.59. The fourth-order valence-corrected chi connectivity index (χ4v) is 3.78. The van der Waals surface area contributed by atoms with Gasteiger partial charge in [-0.3, -0.25) is 4.79 Å². The van der Waals surface area contributed by atoms with Gasteiger partial charge < -0.3 is 14.8 Å². The van der Waals surface area contributed by atoms with Crippen molar-refractivity contribution in [2.24, 2.45) is 0 Å². The normalized spacial score (nSPS) is 14.0. The molecule has 25 heavy (non-hydrogen) atoms. The maximum absolute atomic E-state index is 12.2. The van der Waals surface area contributed by atoms with E-state index in [0.717, 1.165) is 22.0 Å². The molecule has 3 rings (SSSR count). The van der Waals surface area contributed by atoms with E-state index in [-0.39, 0.29) is 11.9 Å². The van der Waals surface area contributed by atoms with Crippen LogP contribution in [0.5, 0.6) is 11.5 Å². The van der Waals surface area contributed by atoms with Crippen LogP contribution < -0.4 is 14.8 Å². The van der Waals surface area contributed by atoms with Crippen molar-refractivity contribution in [3.8, 4) is 11.5 Å². The molecule has 1 aliphatic rings. The number of carbonyl (C=O) groups is 1. The van der Waals surface area contributed by atoms with E-state index in [0.29, 0.717) is 29.0 Å². The highest BCUT2D eigenvalue weighted by Gasteiger charge is 2.15. The van der Waals surface area contributed by atoms with Gasteiger partial charge in [-0.15, -0.1) is 11.8 Å². The molecular formula is C18H17Cl2NO3S. The highest BCUT2D eigenvalue weighted by Crippen LogP contribution is 2.34. The van der Waals surface area contributed by atoms with Crippen LogP contribution in [0.4, 0.5) is 0 Å². The van der Waals surface area contributed by atoms with Crippen LogP contribution in [-0.4, -0.2) is 24.9 Å². The largest absolute Gasteiger partial charge is 0.486 e. The van der Waals surface area contributed by atoms with Crippen molar-refractivity contribution in [3.63, 3.8) is 0 Å². The lowest BCUT2D eigenvalue weighted by atomic mass is 10.1. The number of halogens is 2. The third kappa shape index (κ3) is 4.75. The topological polar surface area (TPSA) is 47.6 Å². The molecule has 7 heteroatoms. The van der Waals surface area contributed by atoms with Gasteiger partial charge in [0.1, 0.15) is 13.2 Å². The van der Waals surface area contributed by atoms with Crippen molar-refractivity contribution in [1.29, 1.82) is 0 Å². The molecule has 0 aromatic heterocycles. The van der Waals surface area contributed by atoms with E-state index in [1.807, 2.05) is 31.2 Å². The molecule has 1 amide bonds. The molecule has 0 aliphatic carbocycles. The molecule has 0 unspecified atom stereocenters. The van der Waals surface area contributed by atoms with Gasteiger partial charge >= 0.3 is 0 Å². The lowest BCUT2D eigenvalue weighted by molar-refractivity contribution is -0.119. The smallest absolute Gasteiger partial charge is 0.230 e. The Labute approximate surface area is 160 Å². The number of amides is 1. The standard InChI is InChI=1S/C18H17Cl2NO3S/c1-11(14-4-2-12(19)8-15(14)20)21-18(22)10-25-13-3-5-16-17(9-13)24-7-6-23-16/h2-5,8-9,11H,6-7,10H2,1H3,(H,21,22)/t11-/m1/s1. The Balaban J connectivity index is 1.55. The Hall–Kier alpha value is -1.56. The van der Waals surface area contributed by atoms with Crippen molar-refractivity contribution < 1.29 is 14.3 Å². The quantitative estimate of drug-likeness (QED) is 0.740. The van der Waals surface area contributed by atoms with Crippen LogP contribution in [0, 0.1) is 0 Å². The third-order valence-corrected chi connectivity index (χ3v) is 5.25. The van der Waals surface area contributed by atoms with E-state index in [4.69, 9.17) is 32.7 Å². The number of ether oxygens (including phenoxy) is 2. The number of carbonyl (C=O) groups excluding carboxylic acids is 1. The van der Waals surface area contributed by atoms with Gasteiger partial charge in [-0.05, 0) is 42.8 Å². The van der Waals surface area contributed by atoms with Gasteiger partial charge in [0, 0.05) is 14.9 Å². The van der Waals surface area contributed by atoms with Crippen LogP contribution in [0.1, 0.15) is 18.5 Å². The molecule has 132 valence electrons. The summed E-state index contributed by atoms with van der Waals surface area (Å²) in [6, 6.07) is 10.7. The van der Waals surface area contributed by atoms with Crippen molar-refractivity contribution >= 4 is 40.9 Å². The van der Waals surface area contributed by atoms with Gasteiger partial charge in [-0.25, -0.2) is 0 Å². The summed E-state index contributed by atoms with van der Waals surface area (Å²) in [5, 5.41) is 4.06. The van der Waals surface area contributed by atoms with Crippen LogP contribution in [0.15, 0.2) is 41.3 Å². The summed E-state index contributed by atoms with van der Waals surface area (Å²) in [5.41, 5.74) is 0.837. The van der Waals surface area contributed by atoms with Crippen molar-refractivity contribution in [1.82, 2.24) is 5.32 Å². The van der Waals surface area contributed by atoms with Crippen LogP contribution >= 0.6 is 35.0 Å². The minimum atomic E-state index is -0.196. The molecule has 0 radical (unpaired) electrons. The number of nitrogens with one attached hydrogen (secondary N) is 1. The zero-order valence-corrected chi connectivity index (χ0v) is 15.9. The van der Waals surface area contributed by atoms with Gasteiger partial charge in [0.25, 0.3) is 0 Å². The number of hydrogen-bond acceptors (Lipinski definition) is 4. The molecule has 4 nitrogen and oxygen atoms in total. The van der Waals surface area contributed by atoms with Crippen molar-refractivity contribution in [2.45, 2.75) is 17.9 Å². The molecule has 1 atom stereocenters. The number of rotatable bonds is 5. The average molecular weight is 398 g/mol. The number of thioether (sulfide) groups is 1. The molecule has 0 fully saturated rings. The molecule has 1 aliphatic heterocycles. The fourth-order valence-electron chi connectivity index (χ4n) is 2.48. The van der Waals surface area contributed by atoms with Gasteiger partial charge in [0.2, 0.25) is 5.91 Å². The van der Waals surface area contributed by atoms with Crippen LogP contribution in [-0.2, 0) is 4.79 Å². The maximum atomic E-state index is 12.2. The van der Waals surface area contributed by atoms with Crippen LogP contribution in [0.3, 0.4) is 0 Å². The summed E-state index contributed by atoms with van der Waals surface area (Å²) < 4.78 is 11.0. The molecule has 0 saturated heterocycles. The molecule has 0 spiro atoms. The van der Waals surface area contributed by atoms with Gasteiger partial charge in [-0.1, -0.05) is 29.3 Å². The second kappa shape index (κ2) is 8.21. The first-order valence-corrected chi connectivity index (χ1v) is 9.54. The summed E-state index contributed by atoms with van der Waals surface area (Å²) in [4.78, 5) is 13.2. The van der Waals surface area contributed by atoms with E-state index in [1.165, 1.54) is 11.8 Å². The number of benzene rings is 2. The van der Waals surface area contributed by atoms with Gasteiger partial charge in [0.05, 0.1) is 11.8 Å². The highest BCUT2D eigenvalue weighted by molar-refractivity contribution is 8.00. The van der Waals surface area contributed by atoms with Crippen LogP contribution in [0.25, 0.3) is 0 Å². The van der Waals surface area contributed by atoms with E-state index in [1.54, 1.807) is 12.1 Å². The Morgan fingerprint density at radius 3 is 2.68 bits per heavy atom. The Morgan fingerprint density at radius 2 is 1.92 bits per heavy atom. The predicted molar refractivity (Wildman–Crippen MR) is 101 cm³/mol. The molecule has 1 heterocycles. The van der Waals surface area contributed by atoms with E-state index < -0.39 is 0 Å². The van der Waals surface area contributed by atoms with Crippen molar-refractivity contribution in [3.05, 3.63) is 52.0 Å². The molecule has 2 aromatic rings. The number of fused-ring (bicyclic) bond motifs is 1. The molecule has 0 saturated carbocycles. The van der Waals surface area contributed by atoms with Gasteiger partial charge in [-0.2, -0.15) is 0 Å². The fraction of sp³-hybridized carbons (Fsp3) is 0.278. The van der Waals surface area contributed by atoms with Crippen molar-refractivity contribution in [2.75, 3.05) is 19.0 Å². The number of hydrogen-bond donors (Lipinski definition) is 1. The Bertz CT molecular complexity index is 785. The first-order chi connectivity index (χ1) is 12.0. The summed E-state index contributed by atoms with van der Waals surface area (Å²) >= 11 is 13.5. The summed E-state index contributed by atoms with van der Waals surface area (Å²) in [6.07, 6.45) is 0. The van der Waals surface area contributed by atoms with Gasteiger partial charge in [0.15, 0.2) is 11.5 Å². The van der Waals surface area contributed by atoms with Crippen LogP contribution in [0.2, 0.25) is 10.0 Å². The minimum absolute atomic E-state index is 0.0709. The first kappa shape index (κ1) is 18.2. The third-order valence-electron chi connectivity index (χ3n) is 3.69. The summed E-state index contributed by atoms with van der Waals surface area (Å²) in [6.45, 7) is 3.00. The SMILES string of the molecule is C[C@@H](NC(=O)CSc1ccc2c(c1)OCCO2)c1ccc(Cl)cc1Cl. The summed E-state index contributed by atoms with van der Waals surface area (Å²) in [5.74, 6) is 1.69. The zero-order chi connectivity index (χ0) is 17.8. The minimum Gasteiger partial charge on any atom is -0.486 e.